The third-order valence-electron chi connectivity index (χ3n) is 4.52. The Morgan fingerprint density at radius 2 is 1.62 bits per heavy atom. The van der Waals surface area contributed by atoms with Crippen molar-refractivity contribution in [1.82, 2.24) is 0 Å². The smallest absolute Gasteiger partial charge is 0.340 e. The lowest BCUT2D eigenvalue weighted by Gasteiger charge is -2.12. The molecule has 3 rings (SSSR count). The normalized spacial score (nSPS) is 10.2. The van der Waals surface area contributed by atoms with E-state index >= 15 is 0 Å². The van der Waals surface area contributed by atoms with E-state index in [1.807, 2.05) is 0 Å². The minimum absolute atomic E-state index is 0.000948. The summed E-state index contributed by atoms with van der Waals surface area (Å²) in [4.78, 5) is 47.6. The number of carbonyl (C=O) groups is 3. The predicted molar refractivity (Wildman–Crippen MR) is 124 cm³/mol. The maximum absolute atomic E-state index is 12.6. The molecule has 0 aliphatic carbocycles. The molecule has 0 heterocycles. The summed E-state index contributed by atoms with van der Waals surface area (Å²) in [5.74, 6) is -1.67. The molecule has 0 aliphatic rings. The molecule has 0 saturated carbocycles. The SMILES string of the molecule is COc1ccccc1NC(=O)COC(=O)c1ccccc1NC(=O)c1ccc([N+](=O)[O-])cc1Cl. The number of para-hydroxylation sites is 3. The minimum Gasteiger partial charge on any atom is -0.495 e. The Labute approximate surface area is 198 Å². The lowest BCUT2D eigenvalue weighted by molar-refractivity contribution is -0.384. The second-order valence-corrected chi connectivity index (χ2v) is 7.15. The summed E-state index contributed by atoms with van der Waals surface area (Å²) in [6.07, 6.45) is 0. The van der Waals surface area contributed by atoms with Crippen LogP contribution in [0, 0.1) is 10.1 Å². The first-order valence-electron chi connectivity index (χ1n) is 9.74. The Kier molecular flexibility index (Phi) is 7.78. The molecular weight excluding hydrogens is 466 g/mol. The molecule has 0 atom stereocenters. The summed E-state index contributed by atoms with van der Waals surface area (Å²) in [5, 5.41) is 15.8. The number of esters is 1. The standard InChI is InChI=1S/C23H18ClN3O7/c1-33-20-9-5-4-8-19(20)25-21(28)13-34-23(30)16-6-2-3-7-18(16)26-22(29)15-11-10-14(27(31)32)12-17(15)24/h2-12H,13H2,1H3,(H,25,28)(H,26,29). The molecule has 10 nitrogen and oxygen atoms in total. The van der Waals surface area contributed by atoms with Crippen LogP contribution in [0.25, 0.3) is 0 Å². The zero-order valence-electron chi connectivity index (χ0n) is 17.7. The molecule has 2 N–H and O–H groups in total. The molecule has 11 heteroatoms. The van der Waals surface area contributed by atoms with E-state index in [1.165, 1.54) is 25.3 Å². The van der Waals surface area contributed by atoms with Crippen LogP contribution in [0.3, 0.4) is 0 Å². The van der Waals surface area contributed by atoms with Crippen molar-refractivity contribution in [3.63, 3.8) is 0 Å². The van der Waals surface area contributed by atoms with Crippen LogP contribution in [-0.4, -0.2) is 36.4 Å². The van der Waals surface area contributed by atoms with Crippen molar-refractivity contribution in [2.75, 3.05) is 24.4 Å². The van der Waals surface area contributed by atoms with E-state index in [0.717, 1.165) is 12.1 Å². The summed E-state index contributed by atoms with van der Waals surface area (Å²) in [6, 6.07) is 16.2. The fourth-order valence-electron chi connectivity index (χ4n) is 2.90. The van der Waals surface area contributed by atoms with Crippen LogP contribution in [0.15, 0.2) is 66.7 Å². The molecular formula is C23H18ClN3O7. The Hall–Kier alpha value is -4.44. The van der Waals surface area contributed by atoms with E-state index in [0.29, 0.717) is 11.4 Å². The number of hydrogen-bond acceptors (Lipinski definition) is 7. The summed E-state index contributed by atoms with van der Waals surface area (Å²) in [5.41, 5.74) is 0.235. The number of non-ortho nitro benzene ring substituents is 1. The van der Waals surface area contributed by atoms with Crippen LogP contribution < -0.4 is 15.4 Å². The number of ether oxygens (including phenoxy) is 2. The number of methoxy groups -OCH3 is 1. The van der Waals surface area contributed by atoms with E-state index in [2.05, 4.69) is 10.6 Å². The van der Waals surface area contributed by atoms with Gasteiger partial charge in [-0.25, -0.2) is 4.79 Å². The Morgan fingerprint density at radius 3 is 2.29 bits per heavy atom. The topological polar surface area (TPSA) is 137 Å². The second-order valence-electron chi connectivity index (χ2n) is 6.75. The van der Waals surface area contributed by atoms with Crippen molar-refractivity contribution >= 4 is 46.4 Å². The zero-order valence-corrected chi connectivity index (χ0v) is 18.5. The first-order chi connectivity index (χ1) is 16.3. The van der Waals surface area contributed by atoms with Gasteiger partial charge in [0.15, 0.2) is 6.61 Å². The third kappa shape index (κ3) is 5.87. The van der Waals surface area contributed by atoms with Gasteiger partial charge >= 0.3 is 5.97 Å². The van der Waals surface area contributed by atoms with Gasteiger partial charge < -0.3 is 20.1 Å². The fraction of sp³-hybridized carbons (Fsp3) is 0.0870. The minimum atomic E-state index is -0.846. The van der Waals surface area contributed by atoms with E-state index in [-0.39, 0.29) is 27.5 Å². The number of nitro groups is 1. The fourth-order valence-corrected chi connectivity index (χ4v) is 3.17. The number of halogens is 1. The number of amides is 2. The summed E-state index contributed by atoms with van der Waals surface area (Å²) in [6.45, 7) is -0.576. The van der Waals surface area contributed by atoms with Gasteiger partial charge in [0, 0.05) is 12.1 Å². The van der Waals surface area contributed by atoms with Gasteiger partial charge in [-0.15, -0.1) is 0 Å². The maximum Gasteiger partial charge on any atom is 0.340 e. The van der Waals surface area contributed by atoms with Crippen LogP contribution in [0.2, 0.25) is 5.02 Å². The summed E-state index contributed by atoms with van der Waals surface area (Å²) < 4.78 is 10.2. The van der Waals surface area contributed by atoms with E-state index < -0.39 is 29.3 Å². The van der Waals surface area contributed by atoms with E-state index in [1.54, 1.807) is 36.4 Å². The molecule has 0 saturated heterocycles. The first-order valence-corrected chi connectivity index (χ1v) is 10.1. The monoisotopic (exact) mass is 483 g/mol. The lowest BCUT2D eigenvalue weighted by atomic mass is 10.1. The Balaban J connectivity index is 1.67. The number of anilines is 2. The molecule has 0 aromatic heterocycles. The summed E-state index contributed by atoms with van der Waals surface area (Å²) >= 11 is 6.00. The van der Waals surface area contributed by atoms with Gasteiger partial charge in [-0.05, 0) is 30.3 Å². The quantitative estimate of drug-likeness (QED) is 0.277. The molecule has 0 unspecified atom stereocenters. The highest BCUT2D eigenvalue weighted by Crippen LogP contribution is 2.25. The largest absolute Gasteiger partial charge is 0.495 e. The highest BCUT2D eigenvalue weighted by Gasteiger charge is 2.19. The first kappa shape index (κ1) is 24.2. The van der Waals surface area contributed by atoms with Gasteiger partial charge in [-0.3, -0.25) is 19.7 Å². The summed E-state index contributed by atoms with van der Waals surface area (Å²) in [7, 11) is 1.46. The van der Waals surface area contributed by atoms with Gasteiger partial charge in [-0.1, -0.05) is 35.9 Å². The molecule has 3 aromatic rings. The molecule has 174 valence electrons. The van der Waals surface area contributed by atoms with Crippen molar-refractivity contribution in [2.24, 2.45) is 0 Å². The lowest BCUT2D eigenvalue weighted by Crippen LogP contribution is -2.22. The highest BCUT2D eigenvalue weighted by molar-refractivity contribution is 6.34. The molecule has 2 amide bonds. The highest BCUT2D eigenvalue weighted by atomic mass is 35.5. The number of hydrogen-bond donors (Lipinski definition) is 2. The van der Waals surface area contributed by atoms with Gasteiger partial charge in [0.05, 0.1) is 39.6 Å². The van der Waals surface area contributed by atoms with Crippen molar-refractivity contribution in [3.8, 4) is 5.75 Å². The number of carbonyl (C=O) groups excluding carboxylic acids is 3. The van der Waals surface area contributed by atoms with Gasteiger partial charge in [0.25, 0.3) is 17.5 Å². The van der Waals surface area contributed by atoms with Crippen molar-refractivity contribution in [2.45, 2.75) is 0 Å². The van der Waals surface area contributed by atoms with Gasteiger partial charge in [0.1, 0.15) is 5.75 Å². The van der Waals surface area contributed by atoms with Crippen molar-refractivity contribution in [3.05, 3.63) is 93.0 Å². The maximum atomic E-state index is 12.6. The number of benzene rings is 3. The average Bonchev–Trinajstić information content (AvgIpc) is 2.83. The molecule has 3 aromatic carbocycles. The molecule has 0 spiro atoms. The number of nitrogens with one attached hydrogen (secondary N) is 2. The number of rotatable bonds is 8. The number of nitro benzene ring substituents is 1. The molecule has 0 aliphatic heterocycles. The average molecular weight is 484 g/mol. The van der Waals surface area contributed by atoms with Gasteiger partial charge in [-0.2, -0.15) is 0 Å². The van der Waals surface area contributed by atoms with Crippen molar-refractivity contribution < 1.29 is 28.8 Å². The molecule has 0 bridgehead atoms. The van der Waals surface area contributed by atoms with Crippen LogP contribution in [0.1, 0.15) is 20.7 Å². The number of nitrogens with zero attached hydrogens (tertiary/aromatic N) is 1. The Bertz CT molecular complexity index is 1260. The van der Waals surface area contributed by atoms with Gasteiger partial charge in [0.2, 0.25) is 0 Å². The predicted octanol–water partition coefficient (Wildman–Crippen LogP) is 4.30. The van der Waals surface area contributed by atoms with Crippen LogP contribution >= 0.6 is 11.6 Å². The van der Waals surface area contributed by atoms with Crippen molar-refractivity contribution in [1.29, 1.82) is 0 Å². The molecule has 0 radical (unpaired) electrons. The molecule has 34 heavy (non-hydrogen) atoms. The third-order valence-corrected chi connectivity index (χ3v) is 4.83. The second kappa shape index (κ2) is 10.9. The van der Waals surface area contributed by atoms with Crippen LogP contribution in [0.4, 0.5) is 17.1 Å². The molecule has 0 fully saturated rings. The zero-order chi connectivity index (χ0) is 24.7. The van der Waals surface area contributed by atoms with Crippen LogP contribution in [0.5, 0.6) is 5.75 Å². The van der Waals surface area contributed by atoms with E-state index in [4.69, 9.17) is 21.1 Å². The Morgan fingerprint density at radius 1 is 0.941 bits per heavy atom. The van der Waals surface area contributed by atoms with E-state index in [9.17, 15) is 24.5 Å². The van der Waals surface area contributed by atoms with Crippen LogP contribution in [-0.2, 0) is 9.53 Å².